The van der Waals surface area contributed by atoms with Crippen molar-refractivity contribution in [3.8, 4) is 0 Å². The summed E-state index contributed by atoms with van der Waals surface area (Å²) in [5.74, 6) is 0.774. The largest absolute Gasteiger partial charge is 0.401 e. The monoisotopic (exact) mass is 539 g/mol. The molecule has 30 heavy (non-hydrogen) atoms. The molecule has 2 aliphatic heterocycles. The lowest BCUT2D eigenvalue weighted by molar-refractivity contribution is -0.143. The third kappa shape index (κ3) is 7.29. The smallest absolute Gasteiger partial charge is 0.357 e. The van der Waals surface area contributed by atoms with Gasteiger partial charge in [0.15, 0.2) is 5.96 Å². The van der Waals surface area contributed by atoms with E-state index in [2.05, 4.69) is 15.6 Å². The Morgan fingerprint density at radius 3 is 2.63 bits per heavy atom. The van der Waals surface area contributed by atoms with Gasteiger partial charge in [-0.05, 0) is 37.9 Å². The van der Waals surface area contributed by atoms with Crippen LogP contribution in [0.2, 0.25) is 0 Å². The van der Waals surface area contributed by atoms with Crippen LogP contribution in [0.3, 0.4) is 0 Å². The number of carbonyl (C=O) groups is 1. The van der Waals surface area contributed by atoms with Gasteiger partial charge in [0.1, 0.15) is 0 Å². The van der Waals surface area contributed by atoms with E-state index in [0.717, 1.165) is 5.69 Å². The van der Waals surface area contributed by atoms with Gasteiger partial charge in [-0.15, -0.1) is 24.0 Å². The third-order valence-corrected chi connectivity index (χ3v) is 5.16. The van der Waals surface area contributed by atoms with Crippen molar-refractivity contribution in [3.05, 3.63) is 30.3 Å². The average Bonchev–Trinajstić information content (AvgIpc) is 3.25. The number of hydrogen-bond donors (Lipinski definition) is 2. The molecule has 10 heteroatoms. The van der Waals surface area contributed by atoms with Crippen molar-refractivity contribution in [2.75, 3.05) is 44.2 Å². The zero-order valence-corrected chi connectivity index (χ0v) is 19.3. The SMILES string of the molecule is CCNC(=NCC1CCN(CC(F)(F)F)C1)NC1CC(=O)N(c2ccccc2)C1.I. The number of aliphatic imine (C=N–C) groups is 1. The fourth-order valence-electron chi connectivity index (χ4n) is 3.85. The van der Waals surface area contributed by atoms with E-state index in [1.807, 2.05) is 37.3 Å². The molecule has 0 radical (unpaired) electrons. The molecule has 2 N–H and O–H groups in total. The lowest BCUT2D eigenvalue weighted by Crippen LogP contribution is -2.45. The summed E-state index contributed by atoms with van der Waals surface area (Å²) in [5.41, 5.74) is 0.874. The molecule has 2 atom stereocenters. The highest BCUT2D eigenvalue weighted by Gasteiger charge is 2.34. The van der Waals surface area contributed by atoms with Crippen LogP contribution in [0, 0.1) is 5.92 Å². The molecule has 2 heterocycles. The minimum Gasteiger partial charge on any atom is -0.357 e. The fraction of sp³-hybridized carbons (Fsp3) is 0.600. The standard InChI is InChI=1S/C20H28F3N5O.HI/c1-2-24-19(25-11-15-8-9-27(12-15)14-20(21,22)23)26-16-10-18(29)28(13-16)17-6-4-3-5-7-17;/h3-7,15-16H,2,8-14H2,1H3,(H2,24,25,26);1H. The molecule has 1 aromatic carbocycles. The Bertz CT molecular complexity index is 716. The molecule has 168 valence electrons. The Labute approximate surface area is 192 Å². The van der Waals surface area contributed by atoms with E-state index in [1.54, 1.807) is 4.90 Å². The van der Waals surface area contributed by atoms with Gasteiger partial charge in [0, 0.05) is 38.3 Å². The number of benzene rings is 1. The summed E-state index contributed by atoms with van der Waals surface area (Å²) in [7, 11) is 0. The fourth-order valence-corrected chi connectivity index (χ4v) is 3.85. The van der Waals surface area contributed by atoms with Gasteiger partial charge in [-0.3, -0.25) is 14.7 Å². The lowest BCUT2D eigenvalue weighted by Gasteiger charge is -2.19. The number of alkyl halides is 3. The summed E-state index contributed by atoms with van der Waals surface area (Å²) in [5, 5.41) is 6.47. The molecule has 2 aliphatic rings. The van der Waals surface area contributed by atoms with E-state index in [1.165, 1.54) is 4.90 Å². The van der Waals surface area contributed by atoms with Crippen LogP contribution >= 0.6 is 24.0 Å². The van der Waals surface area contributed by atoms with E-state index in [4.69, 9.17) is 0 Å². The molecule has 0 aliphatic carbocycles. The van der Waals surface area contributed by atoms with Crippen molar-refractivity contribution in [1.82, 2.24) is 15.5 Å². The van der Waals surface area contributed by atoms with Gasteiger partial charge >= 0.3 is 6.18 Å². The van der Waals surface area contributed by atoms with E-state index in [0.29, 0.717) is 51.5 Å². The number of para-hydroxylation sites is 1. The van der Waals surface area contributed by atoms with Crippen LogP contribution in [0.15, 0.2) is 35.3 Å². The number of carbonyl (C=O) groups excluding carboxylic acids is 1. The number of anilines is 1. The molecule has 2 unspecified atom stereocenters. The van der Waals surface area contributed by atoms with Gasteiger partial charge in [-0.2, -0.15) is 13.2 Å². The molecule has 3 rings (SSSR count). The first-order valence-corrected chi connectivity index (χ1v) is 10.0. The van der Waals surface area contributed by atoms with E-state index in [9.17, 15) is 18.0 Å². The third-order valence-electron chi connectivity index (χ3n) is 5.16. The van der Waals surface area contributed by atoms with Crippen LogP contribution in [0.1, 0.15) is 19.8 Å². The second-order valence-corrected chi connectivity index (χ2v) is 7.61. The zero-order chi connectivity index (χ0) is 20.9. The molecule has 2 saturated heterocycles. The number of rotatable bonds is 6. The zero-order valence-electron chi connectivity index (χ0n) is 17.0. The highest BCUT2D eigenvalue weighted by molar-refractivity contribution is 14.0. The van der Waals surface area contributed by atoms with Crippen molar-refractivity contribution in [1.29, 1.82) is 0 Å². The van der Waals surface area contributed by atoms with Gasteiger partial charge in [0.05, 0.1) is 12.6 Å². The summed E-state index contributed by atoms with van der Waals surface area (Å²) in [6, 6.07) is 9.47. The number of amides is 1. The van der Waals surface area contributed by atoms with E-state index >= 15 is 0 Å². The number of halogens is 4. The van der Waals surface area contributed by atoms with Gasteiger partial charge < -0.3 is 15.5 Å². The summed E-state index contributed by atoms with van der Waals surface area (Å²) >= 11 is 0. The van der Waals surface area contributed by atoms with Gasteiger partial charge in [0.25, 0.3) is 0 Å². The van der Waals surface area contributed by atoms with E-state index in [-0.39, 0.29) is 41.8 Å². The quantitative estimate of drug-likeness (QED) is 0.332. The molecule has 1 aromatic rings. The summed E-state index contributed by atoms with van der Waals surface area (Å²) < 4.78 is 37.6. The predicted octanol–water partition coefficient (Wildman–Crippen LogP) is 2.85. The molecule has 0 bridgehead atoms. The Hall–Kier alpha value is -1.56. The number of nitrogens with zero attached hydrogens (tertiary/aromatic N) is 3. The van der Waals surface area contributed by atoms with Crippen LogP contribution in [0.5, 0.6) is 0 Å². The average molecular weight is 539 g/mol. The van der Waals surface area contributed by atoms with Crippen LogP contribution in [-0.2, 0) is 4.79 Å². The Balaban J connectivity index is 0.00000320. The maximum Gasteiger partial charge on any atom is 0.401 e. The van der Waals surface area contributed by atoms with Crippen LogP contribution < -0.4 is 15.5 Å². The molecule has 6 nitrogen and oxygen atoms in total. The van der Waals surface area contributed by atoms with Gasteiger partial charge in [-0.25, -0.2) is 0 Å². The maximum absolute atomic E-state index is 12.5. The van der Waals surface area contributed by atoms with Gasteiger partial charge in [-0.1, -0.05) is 18.2 Å². The van der Waals surface area contributed by atoms with E-state index < -0.39 is 12.7 Å². The first kappa shape index (κ1) is 24.7. The number of guanidine groups is 1. The van der Waals surface area contributed by atoms with Crippen LogP contribution in [0.25, 0.3) is 0 Å². The molecule has 0 saturated carbocycles. The Kier molecular flexibility index (Phi) is 9.20. The first-order valence-electron chi connectivity index (χ1n) is 10.0. The minimum atomic E-state index is -4.16. The summed E-state index contributed by atoms with van der Waals surface area (Å²) in [6.45, 7) is 3.64. The molecular weight excluding hydrogens is 510 g/mol. The number of hydrogen-bond acceptors (Lipinski definition) is 3. The summed E-state index contributed by atoms with van der Waals surface area (Å²) in [4.78, 5) is 20.1. The predicted molar refractivity (Wildman–Crippen MR) is 122 cm³/mol. The Morgan fingerprint density at radius 2 is 1.97 bits per heavy atom. The Morgan fingerprint density at radius 1 is 1.23 bits per heavy atom. The van der Waals surface area contributed by atoms with Gasteiger partial charge in [0.2, 0.25) is 5.91 Å². The number of nitrogens with one attached hydrogen (secondary N) is 2. The van der Waals surface area contributed by atoms with Crippen molar-refractivity contribution in [2.45, 2.75) is 32.0 Å². The van der Waals surface area contributed by atoms with Crippen molar-refractivity contribution < 1.29 is 18.0 Å². The first-order chi connectivity index (χ1) is 13.8. The topological polar surface area (TPSA) is 60.0 Å². The highest BCUT2D eigenvalue weighted by atomic mass is 127. The molecule has 1 amide bonds. The second kappa shape index (κ2) is 11.2. The molecule has 2 fully saturated rings. The highest BCUT2D eigenvalue weighted by Crippen LogP contribution is 2.23. The van der Waals surface area contributed by atoms with Crippen molar-refractivity contribution in [3.63, 3.8) is 0 Å². The molecular formula is C20H29F3IN5O. The van der Waals surface area contributed by atoms with Crippen molar-refractivity contribution in [2.24, 2.45) is 10.9 Å². The molecule has 0 spiro atoms. The lowest BCUT2D eigenvalue weighted by atomic mass is 10.1. The minimum absolute atomic E-state index is 0. The molecule has 0 aromatic heterocycles. The van der Waals surface area contributed by atoms with Crippen molar-refractivity contribution >= 4 is 41.5 Å². The normalized spacial score (nSPS) is 22.9. The summed E-state index contributed by atoms with van der Waals surface area (Å²) in [6.07, 6.45) is -3.07. The number of likely N-dealkylation sites (tertiary alicyclic amines) is 1. The van der Waals surface area contributed by atoms with Crippen LogP contribution in [-0.4, -0.2) is 68.3 Å². The second-order valence-electron chi connectivity index (χ2n) is 7.61. The van der Waals surface area contributed by atoms with Crippen LogP contribution in [0.4, 0.5) is 18.9 Å². The maximum atomic E-state index is 12.5.